The van der Waals surface area contributed by atoms with Gasteiger partial charge in [0.1, 0.15) is 6.10 Å². The summed E-state index contributed by atoms with van der Waals surface area (Å²) >= 11 is 6.11. The molecule has 1 saturated heterocycles. The summed E-state index contributed by atoms with van der Waals surface area (Å²) in [6, 6.07) is 16.0. The number of nitrogens with one attached hydrogen (secondary N) is 1. The van der Waals surface area contributed by atoms with Gasteiger partial charge in [0.15, 0.2) is 0 Å². The maximum Gasteiger partial charge on any atom is 0.253 e. The quantitative estimate of drug-likeness (QED) is 0.701. The van der Waals surface area contributed by atoms with E-state index in [4.69, 9.17) is 16.3 Å². The van der Waals surface area contributed by atoms with Gasteiger partial charge in [0.05, 0.1) is 0 Å². The van der Waals surface area contributed by atoms with E-state index in [-0.39, 0.29) is 12.0 Å². The molecule has 154 valence electrons. The lowest BCUT2D eigenvalue weighted by atomic mass is 10.0. The number of carbonyl (C=O) groups excluding carboxylic acids is 1. The monoisotopic (exact) mass is 413 g/mol. The molecular formula is C23H28ClN3O2. The molecule has 1 N–H and O–H groups in total. The van der Waals surface area contributed by atoms with Crippen LogP contribution in [-0.2, 0) is 16.0 Å². The average Bonchev–Trinajstić information content (AvgIpc) is 2.74. The van der Waals surface area contributed by atoms with Gasteiger partial charge in [0.2, 0.25) is 0 Å². The Balaban J connectivity index is 1.13. The summed E-state index contributed by atoms with van der Waals surface area (Å²) in [5.41, 5.74) is 3.27. The molecule has 2 aliphatic heterocycles. The summed E-state index contributed by atoms with van der Waals surface area (Å²) in [6.07, 6.45) is 2.35. The van der Waals surface area contributed by atoms with Crippen molar-refractivity contribution >= 4 is 28.9 Å². The van der Waals surface area contributed by atoms with Crippen molar-refractivity contribution in [3.05, 3.63) is 59.1 Å². The first-order chi connectivity index (χ1) is 14.2. The predicted octanol–water partition coefficient (Wildman–Crippen LogP) is 3.82. The van der Waals surface area contributed by atoms with Crippen molar-refractivity contribution in [1.29, 1.82) is 0 Å². The summed E-state index contributed by atoms with van der Waals surface area (Å²) in [6.45, 7) is 5.89. The highest BCUT2D eigenvalue weighted by atomic mass is 35.5. The molecular weight excluding hydrogens is 386 g/mol. The van der Waals surface area contributed by atoms with Crippen LogP contribution in [-0.4, -0.2) is 56.2 Å². The fourth-order valence-corrected chi connectivity index (χ4v) is 4.21. The molecule has 2 aromatic rings. The Bertz CT molecular complexity index is 836. The van der Waals surface area contributed by atoms with E-state index >= 15 is 0 Å². The fraction of sp³-hybridized carbons (Fsp3) is 0.435. The lowest BCUT2D eigenvalue weighted by Gasteiger charge is -2.36. The average molecular weight is 414 g/mol. The predicted molar refractivity (Wildman–Crippen MR) is 118 cm³/mol. The number of hydrogen-bond acceptors (Lipinski definition) is 4. The first-order valence-corrected chi connectivity index (χ1v) is 10.8. The van der Waals surface area contributed by atoms with E-state index in [1.165, 1.54) is 5.69 Å². The second-order valence-electron chi connectivity index (χ2n) is 7.73. The molecule has 4 rings (SSSR count). The van der Waals surface area contributed by atoms with E-state index in [0.29, 0.717) is 13.0 Å². The molecule has 2 aromatic carbocycles. The molecule has 0 spiro atoms. The Kier molecular flexibility index (Phi) is 6.70. The van der Waals surface area contributed by atoms with Gasteiger partial charge in [0.25, 0.3) is 5.91 Å². The van der Waals surface area contributed by atoms with Crippen molar-refractivity contribution in [3.8, 4) is 0 Å². The standard InChI is InChI=1S/C23H28ClN3O2/c24-19-7-5-8-20(17-19)27-13-11-26(12-14-27)10-3-4-15-29-22-16-18-6-1-2-9-21(18)25-23(22)28/h1-2,5-9,17,22H,3-4,10-16H2,(H,25,28). The minimum Gasteiger partial charge on any atom is -0.369 e. The zero-order valence-corrected chi connectivity index (χ0v) is 17.4. The molecule has 0 bridgehead atoms. The molecule has 2 heterocycles. The van der Waals surface area contributed by atoms with Gasteiger partial charge >= 0.3 is 0 Å². The molecule has 2 aliphatic rings. The molecule has 1 unspecified atom stereocenters. The zero-order valence-electron chi connectivity index (χ0n) is 16.6. The van der Waals surface area contributed by atoms with Crippen LogP contribution in [0.4, 0.5) is 11.4 Å². The molecule has 6 heteroatoms. The van der Waals surface area contributed by atoms with Gasteiger partial charge in [-0.25, -0.2) is 0 Å². The first kappa shape index (κ1) is 20.2. The molecule has 29 heavy (non-hydrogen) atoms. The van der Waals surface area contributed by atoms with Gasteiger partial charge in [-0.05, 0) is 49.2 Å². The minimum atomic E-state index is -0.369. The van der Waals surface area contributed by atoms with Crippen LogP contribution in [0.25, 0.3) is 0 Å². The van der Waals surface area contributed by atoms with Crippen LogP contribution in [0.1, 0.15) is 18.4 Å². The van der Waals surface area contributed by atoms with Crippen molar-refractivity contribution in [2.45, 2.75) is 25.4 Å². The molecule has 1 fully saturated rings. The molecule has 1 amide bonds. The number of halogens is 1. The third-order valence-corrected chi connectivity index (χ3v) is 5.94. The number of hydrogen-bond donors (Lipinski definition) is 1. The number of unbranched alkanes of at least 4 members (excludes halogenated alkanes) is 1. The van der Waals surface area contributed by atoms with Crippen LogP contribution < -0.4 is 10.2 Å². The summed E-state index contributed by atoms with van der Waals surface area (Å²) in [5, 5.41) is 3.73. The molecule has 0 radical (unpaired) electrons. The molecule has 0 saturated carbocycles. The van der Waals surface area contributed by atoms with Crippen LogP contribution in [0.5, 0.6) is 0 Å². The number of anilines is 2. The van der Waals surface area contributed by atoms with E-state index in [1.807, 2.05) is 42.5 Å². The Morgan fingerprint density at radius 1 is 1.03 bits per heavy atom. The van der Waals surface area contributed by atoms with E-state index < -0.39 is 0 Å². The summed E-state index contributed by atoms with van der Waals surface area (Å²) < 4.78 is 5.88. The van der Waals surface area contributed by atoms with Crippen LogP contribution in [0.15, 0.2) is 48.5 Å². The molecule has 0 aromatic heterocycles. The Labute approximate surface area is 177 Å². The van der Waals surface area contributed by atoms with E-state index in [9.17, 15) is 4.79 Å². The summed E-state index contributed by atoms with van der Waals surface area (Å²) in [7, 11) is 0. The largest absolute Gasteiger partial charge is 0.369 e. The number of ether oxygens (including phenoxy) is 1. The van der Waals surface area contributed by atoms with Gasteiger partial charge in [-0.15, -0.1) is 0 Å². The second-order valence-corrected chi connectivity index (χ2v) is 8.16. The third-order valence-electron chi connectivity index (χ3n) is 5.71. The third kappa shape index (κ3) is 5.30. The van der Waals surface area contributed by atoms with Crippen LogP contribution >= 0.6 is 11.6 Å². The highest BCUT2D eigenvalue weighted by Crippen LogP contribution is 2.23. The highest BCUT2D eigenvalue weighted by molar-refractivity contribution is 6.30. The smallest absolute Gasteiger partial charge is 0.253 e. The number of rotatable bonds is 7. The van der Waals surface area contributed by atoms with Gasteiger partial charge in [-0.2, -0.15) is 0 Å². The lowest BCUT2D eigenvalue weighted by Crippen LogP contribution is -2.46. The number of nitrogens with zero attached hydrogens (tertiary/aromatic N) is 2. The normalized spacial score (nSPS) is 19.7. The fourth-order valence-electron chi connectivity index (χ4n) is 4.03. The van der Waals surface area contributed by atoms with Crippen molar-refractivity contribution < 1.29 is 9.53 Å². The number of carbonyl (C=O) groups is 1. The van der Waals surface area contributed by atoms with Crippen LogP contribution in [0.2, 0.25) is 5.02 Å². The van der Waals surface area contributed by atoms with Crippen molar-refractivity contribution in [3.63, 3.8) is 0 Å². The van der Waals surface area contributed by atoms with Crippen molar-refractivity contribution in [1.82, 2.24) is 4.90 Å². The second kappa shape index (κ2) is 9.61. The lowest BCUT2D eigenvalue weighted by molar-refractivity contribution is -0.128. The minimum absolute atomic E-state index is 0.0270. The molecule has 1 atom stereocenters. The SMILES string of the molecule is O=C1Nc2ccccc2CC1OCCCCN1CCN(c2cccc(Cl)c2)CC1. The first-order valence-electron chi connectivity index (χ1n) is 10.4. The van der Waals surface area contributed by atoms with Gasteiger partial charge < -0.3 is 15.0 Å². The number of benzene rings is 2. The number of piperazine rings is 1. The number of fused-ring (bicyclic) bond motifs is 1. The van der Waals surface area contributed by atoms with E-state index in [2.05, 4.69) is 21.2 Å². The Hall–Kier alpha value is -2.08. The van der Waals surface area contributed by atoms with Gasteiger partial charge in [-0.1, -0.05) is 35.9 Å². The topological polar surface area (TPSA) is 44.8 Å². The van der Waals surface area contributed by atoms with Crippen molar-refractivity contribution in [2.24, 2.45) is 0 Å². The number of amides is 1. The Morgan fingerprint density at radius 3 is 2.69 bits per heavy atom. The van der Waals surface area contributed by atoms with Crippen LogP contribution in [0, 0.1) is 0 Å². The van der Waals surface area contributed by atoms with E-state index in [0.717, 1.165) is 61.8 Å². The van der Waals surface area contributed by atoms with Gasteiger partial charge in [-0.3, -0.25) is 9.69 Å². The maximum atomic E-state index is 12.2. The summed E-state index contributed by atoms with van der Waals surface area (Å²) in [5.74, 6) is -0.0270. The highest BCUT2D eigenvalue weighted by Gasteiger charge is 2.26. The van der Waals surface area contributed by atoms with Crippen LogP contribution in [0.3, 0.4) is 0 Å². The maximum absolute atomic E-state index is 12.2. The number of para-hydroxylation sites is 1. The molecule has 5 nitrogen and oxygen atoms in total. The zero-order chi connectivity index (χ0) is 20.1. The van der Waals surface area contributed by atoms with Gasteiger partial charge in [0, 0.05) is 55.6 Å². The Morgan fingerprint density at radius 2 is 1.86 bits per heavy atom. The molecule has 0 aliphatic carbocycles. The summed E-state index contributed by atoms with van der Waals surface area (Å²) in [4.78, 5) is 17.1. The van der Waals surface area contributed by atoms with Crippen molar-refractivity contribution in [2.75, 3.05) is 49.5 Å². The van der Waals surface area contributed by atoms with E-state index in [1.54, 1.807) is 0 Å².